The number of amides is 3. The maximum Gasteiger partial charge on any atom is 0.252 e. The summed E-state index contributed by atoms with van der Waals surface area (Å²) in [6.07, 6.45) is 1.11. The van der Waals surface area contributed by atoms with Gasteiger partial charge in [0.25, 0.3) is 5.91 Å². The fourth-order valence-electron chi connectivity index (χ4n) is 2.90. The van der Waals surface area contributed by atoms with Crippen molar-refractivity contribution < 1.29 is 19.1 Å². The Hall–Kier alpha value is -1.47. The summed E-state index contributed by atoms with van der Waals surface area (Å²) in [5.41, 5.74) is 5.08. The molecule has 3 amide bonds. The van der Waals surface area contributed by atoms with Crippen LogP contribution in [0.25, 0.3) is 0 Å². The summed E-state index contributed by atoms with van der Waals surface area (Å²) in [7, 11) is 0. The SMILES string of the molecule is CC(C)N1C(=O)CC(NC(=O)C2(CN)CCOCC2)C1=O. The number of carbonyl (C=O) groups excluding carboxylic acids is 3. The fraction of sp³-hybridized carbons (Fsp3) is 0.786. The molecule has 2 heterocycles. The second-order valence-electron chi connectivity index (χ2n) is 6.02. The maximum atomic E-state index is 12.5. The molecule has 118 valence electrons. The Kier molecular flexibility index (Phi) is 4.63. The normalized spacial score (nSPS) is 25.5. The third-order valence-electron chi connectivity index (χ3n) is 4.33. The van der Waals surface area contributed by atoms with E-state index in [9.17, 15) is 14.4 Å². The van der Waals surface area contributed by atoms with Gasteiger partial charge in [-0.2, -0.15) is 0 Å². The van der Waals surface area contributed by atoms with E-state index in [1.165, 1.54) is 4.90 Å². The number of imide groups is 1. The van der Waals surface area contributed by atoms with E-state index in [1.54, 1.807) is 13.8 Å². The van der Waals surface area contributed by atoms with Crippen molar-refractivity contribution in [1.82, 2.24) is 10.2 Å². The lowest BCUT2D eigenvalue weighted by atomic mass is 9.79. The molecule has 2 aliphatic rings. The van der Waals surface area contributed by atoms with Crippen molar-refractivity contribution in [2.45, 2.75) is 45.2 Å². The van der Waals surface area contributed by atoms with Crippen LogP contribution in [0.3, 0.4) is 0 Å². The minimum Gasteiger partial charge on any atom is -0.381 e. The molecule has 2 rings (SSSR count). The highest BCUT2D eigenvalue weighted by Gasteiger charge is 2.45. The van der Waals surface area contributed by atoms with Crippen molar-refractivity contribution in [3.05, 3.63) is 0 Å². The maximum absolute atomic E-state index is 12.5. The van der Waals surface area contributed by atoms with Gasteiger partial charge in [0.15, 0.2) is 0 Å². The number of likely N-dealkylation sites (tertiary alicyclic amines) is 1. The zero-order valence-electron chi connectivity index (χ0n) is 12.6. The summed E-state index contributed by atoms with van der Waals surface area (Å²) < 4.78 is 5.27. The highest BCUT2D eigenvalue weighted by Crippen LogP contribution is 2.30. The van der Waals surface area contributed by atoms with Gasteiger partial charge in [-0.1, -0.05) is 0 Å². The van der Waals surface area contributed by atoms with Gasteiger partial charge in [-0.25, -0.2) is 0 Å². The number of nitrogens with one attached hydrogen (secondary N) is 1. The van der Waals surface area contributed by atoms with Crippen LogP contribution >= 0.6 is 0 Å². The zero-order valence-corrected chi connectivity index (χ0v) is 12.6. The summed E-state index contributed by atoms with van der Waals surface area (Å²) in [6.45, 7) is 4.74. The lowest BCUT2D eigenvalue weighted by Gasteiger charge is -2.35. The van der Waals surface area contributed by atoms with Gasteiger partial charge in [0.1, 0.15) is 6.04 Å². The summed E-state index contributed by atoms with van der Waals surface area (Å²) in [4.78, 5) is 37.8. The van der Waals surface area contributed by atoms with Crippen LogP contribution in [-0.4, -0.2) is 54.5 Å². The molecule has 0 aromatic carbocycles. The molecule has 0 spiro atoms. The van der Waals surface area contributed by atoms with Gasteiger partial charge < -0.3 is 15.8 Å². The van der Waals surface area contributed by atoms with Gasteiger partial charge in [0, 0.05) is 25.8 Å². The second-order valence-corrected chi connectivity index (χ2v) is 6.02. The number of ether oxygens (including phenoxy) is 1. The van der Waals surface area contributed by atoms with Crippen LogP contribution in [0.2, 0.25) is 0 Å². The average Bonchev–Trinajstić information content (AvgIpc) is 2.74. The van der Waals surface area contributed by atoms with Crippen LogP contribution in [0, 0.1) is 5.41 Å². The molecular formula is C14H23N3O4. The Morgan fingerprint density at radius 1 is 1.43 bits per heavy atom. The van der Waals surface area contributed by atoms with Gasteiger partial charge in [-0.3, -0.25) is 19.3 Å². The molecule has 7 heteroatoms. The smallest absolute Gasteiger partial charge is 0.252 e. The molecule has 0 radical (unpaired) electrons. The molecular weight excluding hydrogens is 274 g/mol. The summed E-state index contributed by atoms with van der Waals surface area (Å²) in [5, 5.41) is 2.72. The van der Waals surface area contributed by atoms with Crippen LogP contribution in [0.1, 0.15) is 33.1 Å². The number of hydrogen-bond donors (Lipinski definition) is 2. The first-order valence-electron chi connectivity index (χ1n) is 7.36. The van der Waals surface area contributed by atoms with Gasteiger partial charge in [-0.15, -0.1) is 0 Å². The number of nitrogens with two attached hydrogens (primary N) is 1. The minimum atomic E-state index is -0.765. The van der Waals surface area contributed by atoms with Crippen LogP contribution in [0.4, 0.5) is 0 Å². The molecule has 0 aromatic heterocycles. The van der Waals surface area contributed by atoms with Gasteiger partial charge in [0.05, 0.1) is 11.8 Å². The Balaban J connectivity index is 2.06. The Labute approximate surface area is 124 Å². The topological polar surface area (TPSA) is 102 Å². The van der Waals surface area contributed by atoms with Crippen molar-refractivity contribution in [3.8, 4) is 0 Å². The molecule has 1 unspecified atom stereocenters. The summed E-state index contributed by atoms with van der Waals surface area (Å²) in [5.74, 6) is -0.818. The van der Waals surface area contributed by atoms with E-state index in [-0.39, 0.29) is 36.7 Å². The van der Waals surface area contributed by atoms with Gasteiger partial charge in [-0.05, 0) is 26.7 Å². The van der Waals surface area contributed by atoms with Crippen LogP contribution < -0.4 is 11.1 Å². The van der Waals surface area contributed by atoms with Crippen molar-refractivity contribution >= 4 is 17.7 Å². The Morgan fingerprint density at radius 2 is 2.05 bits per heavy atom. The summed E-state index contributed by atoms with van der Waals surface area (Å²) in [6, 6.07) is -0.961. The molecule has 0 aromatic rings. The standard InChI is InChI=1S/C14H23N3O4/c1-9(2)17-11(18)7-10(12(17)19)16-13(20)14(8-15)3-5-21-6-4-14/h9-10H,3-8,15H2,1-2H3,(H,16,20). The number of rotatable bonds is 4. The summed E-state index contributed by atoms with van der Waals surface area (Å²) >= 11 is 0. The lowest BCUT2D eigenvalue weighted by molar-refractivity contribution is -0.143. The first kappa shape index (κ1) is 15.9. The van der Waals surface area contributed by atoms with Crippen LogP contribution in [-0.2, 0) is 19.1 Å². The van der Waals surface area contributed by atoms with E-state index in [0.29, 0.717) is 26.1 Å². The van der Waals surface area contributed by atoms with E-state index in [0.717, 1.165) is 0 Å². The van der Waals surface area contributed by atoms with Gasteiger partial charge >= 0.3 is 0 Å². The van der Waals surface area contributed by atoms with Crippen LogP contribution in [0.15, 0.2) is 0 Å². The monoisotopic (exact) mass is 297 g/mol. The molecule has 2 aliphatic heterocycles. The largest absolute Gasteiger partial charge is 0.381 e. The zero-order chi connectivity index (χ0) is 15.6. The fourth-order valence-corrected chi connectivity index (χ4v) is 2.90. The van der Waals surface area contributed by atoms with Crippen LogP contribution in [0.5, 0.6) is 0 Å². The average molecular weight is 297 g/mol. The van der Waals surface area contributed by atoms with E-state index in [2.05, 4.69) is 5.32 Å². The Morgan fingerprint density at radius 3 is 2.52 bits per heavy atom. The van der Waals surface area contributed by atoms with Gasteiger partial charge in [0.2, 0.25) is 11.8 Å². The highest BCUT2D eigenvalue weighted by molar-refractivity contribution is 6.07. The minimum absolute atomic E-state index is 0.0277. The molecule has 7 nitrogen and oxygen atoms in total. The molecule has 21 heavy (non-hydrogen) atoms. The van der Waals surface area contributed by atoms with Crippen molar-refractivity contribution in [2.75, 3.05) is 19.8 Å². The highest BCUT2D eigenvalue weighted by atomic mass is 16.5. The molecule has 2 fully saturated rings. The quantitative estimate of drug-likeness (QED) is 0.674. The third kappa shape index (κ3) is 2.94. The lowest BCUT2D eigenvalue weighted by Crippen LogP contribution is -2.53. The van der Waals surface area contributed by atoms with E-state index < -0.39 is 11.5 Å². The predicted molar refractivity (Wildman–Crippen MR) is 75.1 cm³/mol. The molecule has 3 N–H and O–H groups in total. The molecule has 0 bridgehead atoms. The third-order valence-corrected chi connectivity index (χ3v) is 4.33. The molecule has 1 atom stereocenters. The number of nitrogens with zero attached hydrogens (tertiary/aromatic N) is 1. The molecule has 2 saturated heterocycles. The van der Waals surface area contributed by atoms with Crippen molar-refractivity contribution in [1.29, 1.82) is 0 Å². The van der Waals surface area contributed by atoms with E-state index in [1.807, 2.05) is 0 Å². The molecule has 0 saturated carbocycles. The Bertz CT molecular complexity index is 444. The first-order chi connectivity index (χ1) is 9.91. The van der Waals surface area contributed by atoms with Crippen molar-refractivity contribution in [3.63, 3.8) is 0 Å². The number of hydrogen-bond acceptors (Lipinski definition) is 5. The number of carbonyl (C=O) groups is 3. The molecule has 0 aliphatic carbocycles. The van der Waals surface area contributed by atoms with Crippen molar-refractivity contribution in [2.24, 2.45) is 11.1 Å². The van der Waals surface area contributed by atoms with E-state index >= 15 is 0 Å². The van der Waals surface area contributed by atoms with E-state index in [4.69, 9.17) is 10.5 Å². The first-order valence-corrected chi connectivity index (χ1v) is 7.36. The second kappa shape index (κ2) is 6.11. The predicted octanol–water partition coefficient (Wildman–Crippen LogP) is -0.606.